The largest absolute Gasteiger partial charge is 0.394 e. The predicted octanol–water partition coefficient (Wildman–Crippen LogP) is 2.52. The van der Waals surface area contributed by atoms with Crippen LogP contribution in [-0.2, 0) is 9.47 Å². The minimum Gasteiger partial charge on any atom is -0.394 e. The second kappa shape index (κ2) is 9.26. The van der Waals surface area contributed by atoms with Crippen LogP contribution in [0.5, 0.6) is 0 Å². The number of halogens is 1. The average molecular weight is 416 g/mol. The normalized spacial score (nSPS) is 22.8. The van der Waals surface area contributed by atoms with Gasteiger partial charge in [-0.15, -0.1) is 0 Å². The van der Waals surface area contributed by atoms with Gasteiger partial charge in [-0.1, -0.05) is 13.8 Å². The van der Waals surface area contributed by atoms with Crippen LogP contribution in [0.2, 0.25) is 0 Å². The van der Waals surface area contributed by atoms with Gasteiger partial charge in [0.05, 0.1) is 6.61 Å². The highest BCUT2D eigenvalue weighted by atomic mass is 19.1. The van der Waals surface area contributed by atoms with Crippen molar-refractivity contribution in [1.29, 1.82) is 0 Å². The van der Waals surface area contributed by atoms with Crippen LogP contribution in [0.15, 0.2) is 36.5 Å². The molecule has 3 atom stereocenters. The molecule has 2 fully saturated rings. The molecule has 2 aliphatic rings. The Balaban J connectivity index is 1.41. The van der Waals surface area contributed by atoms with Crippen LogP contribution in [0.4, 0.5) is 15.9 Å². The summed E-state index contributed by atoms with van der Waals surface area (Å²) < 4.78 is 25.9. The van der Waals surface area contributed by atoms with Crippen LogP contribution < -0.4 is 10.2 Å². The van der Waals surface area contributed by atoms with Gasteiger partial charge in [0.15, 0.2) is 6.23 Å². The van der Waals surface area contributed by atoms with Crippen molar-refractivity contribution in [2.24, 2.45) is 0 Å². The number of rotatable bonds is 9. The fourth-order valence-corrected chi connectivity index (χ4v) is 3.78. The number of ether oxygens (including phenoxy) is 2. The summed E-state index contributed by atoms with van der Waals surface area (Å²) in [5.41, 5.74) is 1.94. The Hall–Kier alpha value is -2.26. The quantitative estimate of drug-likeness (QED) is 0.609. The lowest BCUT2D eigenvalue weighted by Gasteiger charge is -2.30. The van der Waals surface area contributed by atoms with Crippen LogP contribution in [0, 0.1) is 5.82 Å². The zero-order valence-electron chi connectivity index (χ0n) is 17.4. The Bertz CT molecular complexity index is 847. The van der Waals surface area contributed by atoms with E-state index >= 15 is 0 Å². The highest BCUT2D eigenvalue weighted by Gasteiger charge is 2.51. The Morgan fingerprint density at radius 1 is 1.23 bits per heavy atom. The SMILES string of the molecule is CCN(CC)CCNc1ccc(-c2ccc(N3C[C@H](CO)OC4OC43)cc2F)cn1. The van der Waals surface area contributed by atoms with Crippen LogP contribution in [-0.4, -0.2) is 72.9 Å². The lowest BCUT2D eigenvalue weighted by Crippen LogP contribution is -2.44. The third-order valence-corrected chi connectivity index (χ3v) is 5.65. The third-order valence-electron chi connectivity index (χ3n) is 5.65. The van der Waals surface area contributed by atoms with Crippen molar-refractivity contribution in [3.05, 3.63) is 42.3 Å². The topological polar surface area (TPSA) is 73.4 Å². The fraction of sp³-hybridized carbons (Fsp3) is 0.500. The predicted molar refractivity (Wildman–Crippen MR) is 114 cm³/mol. The molecule has 7 nitrogen and oxygen atoms in total. The Morgan fingerprint density at radius 3 is 2.73 bits per heavy atom. The molecule has 2 saturated heterocycles. The monoisotopic (exact) mass is 416 g/mol. The van der Waals surface area contributed by atoms with Crippen molar-refractivity contribution < 1.29 is 19.0 Å². The first-order valence-electron chi connectivity index (χ1n) is 10.5. The van der Waals surface area contributed by atoms with Crippen molar-refractivity contribution in [3.8, 4) is 11.1 Å². The van der Waals surface area contributed by atoms with E-state index in [2.05, 4.69) is 29.0 Å². The standard InChI is InChI=1S/C22H29FN4O3/c1-3-26(4-2)10-9-24-20-8-5-15(12-25-20)18-7-6-16(11-19(18)23)27-13-17(14-28)29-22-21(27)30-22/h5-8,11-12,17,21-22,28H,3-4,9-10,13-14H2,1-2H3,(H,24,25)/t17-,21?,22?/m1/s1. The summed E-state index contributed by atoms with van der Waals surface area (Å²) >= 11 is 0. The number of benzene rings is 1. The number of nitrogens with one attached hydrogen (secondary N) is 1. The van der Waals surface area contributed by atoms with Crippen molar-refractivity contribution in [2.75, 3.05) is 49.5 Å². The van der Waals surface area contributed by atoms with Gasteiger partial charge in [0.25, 0.3) is 0 Å². The lowest BCUT2D eigenvalue weighted by molar-refractivity contribution is -0.0373. The van der Waals surface area contributed by atoms with E-state index < -0.39 is 0 Å². The van der Waals surface area contributed by atoms with Gasteiger partial charge in [0.1, 0.15) is 17.7 Å². The molecule has 0 aliphatic carbocycles. The summed E-state index contributed by atoms with van der Waals surface area (Å²) in [5, 5.41) is 12.7. The first-order chi connectivity index (χ1) is 14.6. The Labute approximate surface area is 176 Å². The van der Waals surface area contributed by atoms with E-state index in [0.29, 0.717) is 17.8 Å². The molecule has 2 unspecified atom stereocenters. The number of fused-ring (bicyclic) bond motifs is 1. The second-order valence-electron chi connectivity index (χ2n) is 7.54. The molecule has 1 aromatic heterocycles. The number of likely N-dealkylation sites (N-methyl/N-ethyl adjacent to an activating group) is 1. The van der Waals surface area contributed by atoms with E-state index in [1.165, 1.54) is 6.07 Å². The van der Waals surface area contributed by atoms with Gasteiger partial charge in [-0.25, -0.2) is 9.37 Å². The molecule has 0 radical (unpaired) electrons. The number of morpholine rings is 1. The Kier molecular flexibility index (Phi) is 6.48. The first-order valence-corrected chi connectivity index (χ1v) is 10.5. The number of epoxide rings is 1. The molecular formula is C22H29FN4O3. The van der Waals surface area contributed by atoms with E-state index in [1.54, 1.807) is 12.3 Å². The van der Waals surface area contributed by atoms with E-state index in [0.717, 1.165) is 37.6 Å². The summed E-state index contributed by atoms with van der Waals surface area (Å²) in [7, 11) is 0. The molecule has 0 amide bonds. The van der Waals surface area contributed by atoms with Gasteiger partial charge in [-0.3, -0.25) is 0 Å². The van der Waals surface area contributed by atoms with Crippen LogP contribution >= 0.6 is 0 Å². The minimum absolute atomic E-state index is 0.0926. The molecule has 2 N–H and O–H groups in total. The van der Waals surface area contributed by atoms with E-state index in [9.17, 15) is 9.50 Å². The number of pyridine rings is 1. The third kappa shape index (κ3) is 4.57. The number of aliphatic hydroxyl groups is 1. The van der Waals surface area contributed by atoms with Gasteiger partial charge >= 0.3 is 0 Å². The van der Waals surface area contributed by atoms with Gasteiger partial charge in [-0.05, 0) is 43.4 Å². The maximum Gasteiger partial charge on any atom is 0.206 e. The van der Waals surface area contributed by atoms with E-state index in [-0.39, 0.29) is 31.0 Å². The molecule has 2 aliphatic heterocycles. The van der Waals surface area contributed by atoms with E-state index in [4.69, 9.17) is 9.47 Å². The molecule has 0 spiro atoms. The molecule has 0 saturated carbocycles. The highest BCUT2D eigenvalue weighted by Crippen LogP contribution is 2.37. The average Bonchev–Trinajstić information content (AvgIpc) is 3.56. The van der Waals surface area contributed by atoms with Gasteiger partial charge in [-0.2, -0.15) is 0 Å². The molecule has 8 heteroatoms. The van der Waals surface area contributed by atoms with Crippen LogP contribution in [0.25, 0.3) is 11.1 Å². The molecular weight excluding hydrogens is 387 g/mol. The molecule has 1 aromatic carbocycles. The highest BCUT2D eigenvalue weighted by molar-refractivity contribution is 5.67. The summed E-state index contributed by atoms with van der Waals surface area (Å²) in [6.07, 6.45) is 0.808. The zero-order valence-corrected chi connectivity index (χ0v) is 17.4. The number of aliphatic hydroxyl groups excluding tert-OH is 1. The lowest BCUT2D eigenvalue weighted by atomic mass is 10.1. The maximum atomic E-state index is 14.9. The van der Waals surface area contributed by atoms with Crippen molar-refractivity contribution in [1.82, 2.24) is 9.88 Å². The molecule has 0 bridgehead atoms. The number of nitrogens with zero attached hydrogens (tertiary/aromatic N) is 3. The van der Waals surface area contributed by atoms with Gasteiger partial charge < -0.3 is 29.7 Å². The smallest absolute Gasteiger partial charge is 0.206 e. The number of hydrogen-bond donors (Lipinski definition) is 2. The molecule has 2 aromatic rings. The number of anilines is 2. The van der Waals surface area contributed by atoms with Crippen LogP contribution in [0.1, 0.15) is 13.8 Å². The Morgan fingerprint density at radius 2 is 2.07 bits per heavy atom. The van der Waals surface area contributed by atoms with E-state index in [1.807, 2.05) is 23.1 Å². The molecule has 4 rings (SSSR count). The van der Waals surface area contributed by atoms with Gasteiger partial charge in [0, 0.05) is 42.6 Å². The minimum atomic E-state index is -0.343. The number of aromatic nitrogens is 1. The maximum absolute atomic E-state index is 14.9. The van der Waals surface area contributed by atoms with Crippen molar-refractivity contribution >= 4 is 11.5 Å². The number of hydrogen-bond acceptors (Lipinski definition) is 7. The summed E-state index contributed by atoms with van der Waals surface area (Å²) in [5.74, 6) is 0.462. The van der Waals surface area contributed by atoms with Gasteiger partial charge in [0.2, 0.25) is 6.29 Å². The molecule has 162 valence electrons. The zero-order chi connectivity index (χ0) is 21.1. The summed E-state index contributed by atoms with van der Waals surface area (Å²) in [6.45, 7) is 8.49. The van der Waals surface area contributed by atoms with Crippen LogP contribution in [0.3, 0.4) is 0 Å². The van der Waals surface area contributed by atoms with Crippen molar-refractivity contribution in [2.45, 2.75) is 32.5 Å². The first kappa shape index (κ1) is 21.0. The summed E-state index contributed by atoms with van der Waals surface area (Å²) in [6, 6.07) is 8.88. The molecule has 30 heavy (non-hydrogen) atoms. The second-order valence-corrected chi connectivity index (χ2v) is 7.54. The van der Waals surface area contributed by atoms with Crippen molar-refractivity contribution in [3.63, 3.8) is 0 Å². The molecule has 3 heterocycles. The fourth-order valence-electron chi connectivity index (χ4n) is 3.78. The summed E-state index contributed by atoms with van der Waals surface area (Å²) in [4.78, 5) is 8.70.